The summed E-state index contributed by atoms with van der Waals surface area (Å²) in [4.78, 5) is 27.7. The summed E-state index contributed by atoms with van der Waals surface area (Å²) in [6.07, 6.45) is 8.47. The van der Waals surface area contributed by atoms with E-state index in [2.05, 4.69) is 32.1 Å². The van der Waals surface area contributed by atoms with Gasteiger partial charge < -0.3 is 10.2 Å². The zero-order valence-corrected chi connectivity index (χ0v) is 15.2. The van der Waals surface area contributed by atoms with E-state index in [1.54, 1.807) is 23.4 Å². The Morgan fingerprint density at radius 2 is 1.93 bits per heavy atom. The van der Waals surface area contributed by atoms with Gasteiger partial charge in [0.1, 0.15) is 30.0 Å². The Bertz CT molecular complexity index is 923. The molecular formula is C20H22N6O. The standard InChI is InChI=1S/C20H22N6O/c1-15-7-5-6-10-26(15)19-11-18(21-13-22-19)25-12-17(23-14-25)20(27)24-16-8-3-2-4-9-16/h2-4,8-9,11-15H,5-7,10H2,1H3,(H,24,27). The number of carbonyl (C=O) groups is 1. The molecule has 0 aliphatic carbocycles. The Balaban J connectivity index is 1.53. The normalized spacial score (nSPS) is 16.9. The van der Waals surface area contributed by atoms with Crippen molar-refractivity contribution >= 4 is 17.4 Å². The van der Waals surface area contributed by atoms with Crippen LogP contribution in [0.5, 0.6) is 0 Å². The second-order valence-corrected chi connectivity index (χ2v) is 6.76. The van der Waals surface area contributed by atoms with Gasteiger partial charge in [-0.05, 0) is 38.3 Å². The summed E-state index contributed by atoms with van der Waals surface area (Å²) >= 11 is 0. The first kappa shape index (κ1) is 17.2. The van der Waals surface area contributed by atoms with Crippen molar-refractivity contribution in [2.45, 2.75) is 32.2 Å². The molecule has 0 radical (unpaired) electrons. The van der Waals surface area contributed by atoms with Crippen molar-refractivity contribution in [1.82, 2.24) is 19.5 Å². The molecule has 1 aliphatic heterocycles. The van der Waals surface area contributed by atoms with E-state index in [-0.39, 0.29) is 5.91 Å². The first-order valence-electron chi connectivity index (χ1n) is 9.20. The number of carbonyl (C=O) groups excluding carboxylic acids is 1. The molecule has 7 heteroatoms. The summed E-state index contributed by atoms with van der Waals surface area (Å²) in [5.74, 6) is 1.36. The zero-order valence-electron chi connectivity index (χ0n) is 15.2. The Labute approximate surface area is 158 Å². The van der Waals surface area contributed by atoms with E-state index in [1.165, 1.54) is 19.3 Å². The van der Waals surface area contributed by atoms with Gasteiger partial charge in [0.25, 0.3) is 5.91 Å². The van der Waals surface area contributed by atoms with Gasteiger partial charge in [0, 0.05) is 30.5 Å². The van der Waals surface area contributed by atoms with Crippen LogP contribution in [-0.4, -0.2) is 38.0 Å². The average molecular weight is 362 g/mol. The van der Waals surface area contributed by atoms with Crippen molar-refractivity contribution < 1.29 is 4.79 Å². The third-order valence-electron chi connectivity index (χ3n) is 4.85. The zero-order chi connectivity index (χ0) is 18.6. The molecule has 0 saturated carbocycles. The smallest absolute Gasteiger partial charge is 0.275 e. The van der Waals surface area contributed by atoms with Crippen molar-refractivity contribution in [3.05, 3.63) is 60.9 Å². The SMILES string of the molecule is CC1CCCCN1c1cc(-n2cnc(C(=O)Nc3ccccc3)c2)ncn1. The van der Waals surface area contributed by atoms with Crippen LogP contribution in [0.4, 0.5) is 11.5 Å². The number of para-hydroxylation sites is 1. The molecular weight excluding hydrogens is 340 g/mol. The lowest BCUT2D eigenvalue weighted by molar-refractivity contribution is 0.102. The van der Waals surface area contributed by atoms with Gasteiger partial charge in [-0.3, -0.25) is 9.36 Å². The summed E-state index contributed by atoms with van der Waals surface area (Å²) in [5.41, 5.74) is 1.07. The molecule has 2 aromatic heterocycles. The summed E-state index contributed by atoms with van der Waals surface area (Å²) in [5, 5.41) is 2.84. The quantitative estimate of drug-likeness (QED) is 0.771. The number of rotatable bonds is 4. The summed E-state index contributed by atoms with van der Waals surface area (Å²) in [7, 11) is 0. The average Bonchev–Trinajstić information content (AvgIpc) is 3.20. The van der Waals surface area contributed by atoms with Crippen molar-refractivity contribution in [3.8, 4) is 5.82 Å². The minimum atomic E-state index is -0.251. The third kappa shape index (κ3) is 3.81. The number of anilines is 2. The van der Waals surface area contributed by atoms with Gasteiger partial charge in [-0.1, -0.05) is 18.2 Å². The molecule has 27 heavy (non-hydrogen) atoms. The Kier molecular flexibility index (Phi) is 4.82. The highest BCUT2D eigenvalue weighted by atomic mass is 16.1. The Hall–Kier alpha value is -3.22. The lowest BCUT2D eigenvalue weighted by atomic mass is 10.0. The van der Waals surface area contributed by atoms with Gasteiger partial charge in [0.15, 0.2) is 0 Å². The number of benzene rings is 1. The van der Waals surface area contributed by atoms with Crippen LogP contribution in [-0.2, 0) is 0 Å². The Morgan fingerprint density at radius 3 is 2.74 bits per heavy atom. The maximum Gasteiger partial charge on any atom is 0.275 e. The van der Waals surface area contributed by atoms with Crippen LogP contribution in [0.1, 0.15) is 36.7 Å². The van der Waals surface area contributed by atoms with Crippen molar-refractivity contribution in [2.75, 3.05) is 16.8 Å². The van der Waals surface area contributed by atoms with E-state index in [0.29, 0.717) is 17.6 Å². The number of piperidine rings is 1. The number of nitrogens with one attached hydrogen (secondary N) is 1. The second kappa shape index (κ2) is 7.57. The molecule has 1 unspecified atom stereocenters. The number of nitrogens with zero attached hydrogens (tertiary/aromatic N) is 5. The highest BCUT2D eigenvalue weighted by Gasteiger charge is 2.20. The predicted octanol–water partition coefficient (Wildman–Crippen LogP) is 3.29. The van der Waals surface area contributed by atoms with E-state index in [0.717, 1.165) is 18.1 Å². The molecule has 1 aliphatic rings. The Morgan fingerprint density at radius 1 is 1.11 bits per heavy atom. The molecule has 1 N–H and O–H groups in total. The molecule has 1 saturated heterocycles. The molecule has 138 valence electrons. The van der Waals surface area contributed by atoms with E-state index >= 15 is 0 Å². The van der Waals surface area contributed by atoms with Crippen molar-refractivity contribution in [2.24, 2.45) is 0 Å². The minimum Gasteiger partial charge on any atom is -0.354 e. The minimum absolute atomic E-state index is 0.251. The third-order valence-corrected chi connectivity index (χ3v) is 4.85. The van der Waals surface area contributed by atoms with E-state index in [4.69, 9.17) is 0 Å². The lowest BCUT2D eigenvalue weighted by Crippen LogP contribution is -2.38. The largest absolute Gasteiger partial charge is 0.354 e. The highest BCUT2D eigenvalue weighted by molar-refractivity contribution is 6.02. The number of imidazole rings is 1. The second-order valence-electron chi connectivity index (χ2n) is 6.76. The van der Waals surface area contributed by atoms with Crippen LogP contribution in [0.3, 0.4) is 0 Å². The van der Waals surface area contributed by atoms with Crippen molar-refractivity contribution in [3.63, 3.8) is 0 Å². The monoisotopic (exact) mass is 362 g/mol. The maximum absolute atomic E-state index is 12.4. The van der Waals surface area contributed by atoms with Crippen molar-refractivity contribution in [1.29, 1.82) is 0 Å². The van der Waals surface area contributed by atoms with E-state index in [1.807, 2.05) is 36.4 Å². The van der Waals surface area contributed by atoms with Crippen LogP contribution in [0, 0.1) is 0 Å². The van der Waals surface area contributed by atoms with Crippen LogP contribution < -0.4 is 10.2 Å². The van der Waals surface area contributed by atoms with Crippen LogP contribution in [0.15, 0.2) is 55.2 Å². The lowest BCUT2D eigenvalue weighted by Gasteiger charge is -2.34. The molecule has 3 heterocycles. The van der Waals surface area contributed by atoms with Gasteiger partial charge in [0.2, 0.25) is 0 Å². The van der Waals surface area contributed by atoms with Crippen LogP contribution >= 0.6 is 0 Å². The van der Waals surface area contributed by atoms with Gasteiger partial charge in [-0.15, -0.1) is 0 Å². The first-order chi connectivity index (χ1) is 13.2. The molecule has 1 atom stereocenters. The molecule has 1 aromatic carbocycles. The number of amides is 1. The number of aromatic nitrogens is 4. The molecule has 0 spiro atoms. The fourth-order valence-corrected chi connectivity index (χ4v) is 3.36. The molecule has 1 amide bonds. The molecule has 1 fully saturated rings. The summed E-state index contributed by atoms with van der Waals surface area (Å²) in [6.45, 7) is 3.23. The van der Waals surface area contributed by atoms with Gasteiger partial charge in [-0.2, -0.15) is 0 Å². The van der Waals surface area contributed by atoms with E-state index in [9.17, 15) is 4.79 Å². The molecule has 4 rings (SSSR count). The topological polar surface area (TPSA) is 75.9 Å². The fourth-order valence-electron chi connectivity index (χ4n) is 3.36. The highest BCUT2D eigenvalue weighted by Crippen LogP contribution is 2.23. The van der Waals surface area contributed by atoms with Gasteiger partial charge in [-0.25, -0.2) is 15.0 Å². The summed E-state index contributed by atoms with van der Waals surface area (Å²) < 4.78 is 1.75. The van der Waals surface area contributed by atoms with Gasteiger partial charge >= 0.3 is 0 Å². The van der Waals surface area contributed by atoms with Gasteiger partial charge in [0.05, 0.1) is 0 Å². The summed E-state index contributed by atoms with van der Waals surface area (Å²) in [6, 6.07) is 11.7. The van der Waals surface area contributed by atoms with Crippen LogP contribution in [0.2, 0.25) is 0 Å². The maximum atomic E-state index is 12.4. The number of hydrogen-bond donors (Lipinski definition) is 1. The molecule has 0 bridgehead atoms. The predicted molar refractivity (Wildman–Crippen MR) is 104 cm³/mol. The fraction of sp³-hybridized carbons (Fsp3) is 0.300. The van der Waals surface area contributed by atoms with E-state index < -0.39 is 0 Å². The molecule has 3 aromatic rings. The number of hydrogen-bond acceptors (Lipinski definition) is 5. The molecule has 7 nitrogen and oxygen atoms in total. The van der Waals surface area contributed by atoms with Crippen LogP contribution in [0.25, 0.3) is 5.82 Å². The first-order valence-corrected chi connectivity index (χ1v) is 9.20.